The van der Waals surface area contributed by atoms with Gasteiger partial charge in [-0.2, -0.15) is 0 Å². The summed E-state index contributed by atoms with van der Waals surface area (Å²) in [5.74, 6) is 0. The van der Waals surface area contributed by atoms with Gasteiger partial charge in [0.1, 0.15) is 0 Å². The molecule has 1 nitrogen and oxygen atoms in total. The summed E-state index contributed by atoms with van der Waals surface area (Å²) in [4.78, 5) is 0. The van der Waals surface area contributed by atoms with E-state index in [1.54, 1.807) is 0 Å². The molecular formula is C18H22OSi2. The van der Waals surface area contributed by atoms with E-state index in [4.69, 9.17) is 4.12 Å². The van der Waals surface area contributed by atoms with Gasteiger partial charge in [-0.15, -0.1) is 26.3 Å². The van der Waals surface area contributed by atoms with Crippen LogP contribution in [-0.2, 0) is 4.12 Å². The van der Waals surface area contributed by atoms with Crippen molar-refractivity contribution in [1.82, 2.24) is 0 Å². The summed E-state index contributed by atoms with van der Waals surface area (Å²) in [6.45, 7) is 16.2. The molecule has 0 atom stereocenters. The average molecular weight is 311 g/mol. The third-order valence-corrected chi connectivity index (χ3v) is 12.0. The van der Waals surface area contributed by atoms with E-state index in [0.717, 1.165) is 12.8 Å². The summed E-state index contributed by atoms with van der Waals surface area (Å²) < 4.78 is 6.78. The van der Waals surface area contributed by atoms with Crippen LogP contribution >= 0.6 is 0 Å². The zero-order valence-electron chi connectivity index (χ0n) is 12.4. The molecule has 2 rings (SSSR count). The molecule has 3 heteroatoms. The number of hydrogen-bond donors (Lipinski definition) is 0. The Labute approximate surface area is 130 Å². The van der Waals surface area contributed by atoms with Gasteiger partial charge in [-0.3, -0.25) is 0 Å². The Hall–Kier alpha value is -1.69. The first kappa shape index (κ1) is 15.7. The molecule has 0 spiro atoms. The highest BCUT2D eigenvalue weighted by atomic mass is 28.4. The van der Waals surface area contributed by atoms with Crippen LogP contribution in [0, 0.1) is 0 Å². The van der Waals surface area contributed by atoms with Crippen molar-refractivity contribution in [2.24, 2.45) is 0 Å². The van der Waals surface area contributed by atoms with Crippen LogP contribution in [0.1, 0.15) is 12.8 Å². The van der Waals surface area contributed by atoms with E-state index in [1.807, 2.05) is 22.8 Å². The molecule has 0 aromatic carbocycles. The minimum Gasteiger partial charge on any atom is -0.437 e. The fourth-order valence-electron chi connectivity index (χ4n) is 2.74. The first-order valence-electron chi connectivity index (χ1n) is 7.13. The van der Waals surface area contributed by atoms with Crippen LogP contribution in [0.5, 0.6) is 0 Å². The van der Waals surface area contributed by atoms with E-state index < -0.39 is 16.6 Å². The predicted octanol–water partition coefficient (Wildman–Crippen LogP) is 4.65. The molecule has 2 aliphatic carbocycles. The molecular weight excluding hydrogens is 288 g/mol. The molecule has 21 heavy (non-hydrogen) atoms. The SMILES string of the molecule is C=C[Si](C=C)(O[Si](C=C)(C=C)C1=CC=CC1)C1=CC=CC1. The maximum atomic E-state index is 6.78. The molecule has 0 fully saturated rings. The second-order valence-corrected chi connectivity index (χ2v) is 12.1. The summed E-state index contributed by atoms with van der Waals surface area (Å²) in [7, 11) is -4.76. The quantitative estimate of drug-likeness (QED) is 0.593. The number of allylic oxidation sites excluding steroid dienone is 8. The molecule has 0 heterocycles. The highest BCUT2D eigenvalue weighted by molar-refractivity contribution is 7.02. The standard InChI is InChI=1S/C18H22OSi2/c1-5-20(6-2,17-13-9-10-14-17)19-21(7-3,8-4)18-15-11-12-16-18/h5-13,15H,1-4,14,16H2. The van der Waals surface area contributed by atoms with Crippen molar-refractivity contribution >= 4 is 16.6 Å². The third-order valence-electron chi connectivity index (χ3n) is 4.10. The van der Waals surface area contributed by atoms with Gasteiger partial charge in [0.05, 0.1) is 0 Å². The van der Waals surface area contributed by atoms with Crippen molar-refractivity contribution in [3.05, 3.63) is 96.0 Å². The lowest BCUT2D eigenvalue weighted by molar-refractivity contribution is 0.583. The van der Waals surface area contributed by atoms with Crippen molar-refractivity contribution in [1.29, 1.82) is 0 Å². The van der Waals surface area contributed by atoms with Crippen LogP contribution in [0.15, 0.2) is 96.0 Å². The van der Waals surface area contributed by atoms with Crippen LogP contribution in [0.4, 0.5) is 0 Å². The molecule has 0 amide bonds. The predicted molar refractivity (Wildman–Crippen MR) is 97.1 cm³/mol. The highest BCUT2D eigenvalue weighted by Gasteiger charge is 2.43. The number of rotatable bonds is 8. The summed E-state index contributed by atoms with van der Waals surface area (Å²) in [5.41, 5.74) is 7.88. The summed E-state index contributed by atoms with van der Waals surface area (Å²) in [6, 6.07) is 0. The zero-order chi connectivity index (χ0) is 15.3. The molecule has 0 bridgehead atoms. The Morgan fingerprint density at radius 1 is 0.762 bits per heavy atom. The Morgan fingerprint density at radius 2 is 1.14 bits per heavy atom. The van der Waals surface area contributed by atoms with Crippen LogP contribution < -0.4 is 0 Å². The molecule has 108 valence electrons. The lowest BCUT2D eigenvalue weighted by atomic mass is 10.5. The minimum atomic E-state index is -2.38. The smallest absolute Gasteiger partial charge is 0.259 e. The van der Waals surface area contributed by atoms with E-state index in [-0.39, 0.29) is 0 Å². The van der Waals surface area contributed by atoms with E-state index in [0.29, 0.717) is 0 Å². The lowest BCUT2D eigenvalue weighted by Crippen LogP contribution is -2.50. The summed E-state index contributed by atoms with van der Waals surface area (Å²) in [5, 5.41) is 2.58. The van der Waals surface area contributed by atoms with Crippen molar-refractivity contribution in [2.45, 2.75) is 12.8 Å². The Bertz CT molecular complexity index is 522. The normalized spacial score (nSPS) is 17.3. The van der Waals surface area contributed by atoms with Crippen molar-refractivity contribution in [3.8, 4) is 0 Å². The molecule has 0 saturated carbocycles. The molecule has 0 aromatic heterocycles. The first-order valence-corrected chi connectivity index (χ1v) is 11.3. The lowest BCUT2D eigenvalue weighted by Gasteiger charge is -2.37. The van der Waals surface area contributed by atoms with E-state index in [1.165, 1.54) is 10.4 Å². The summed E-state index contributed by atoms with van der Waals surface area (Å²) >= 11 is 0. The zero-order valence-corrected chi connectivity index (χ0v) is 14.4. The molecule has 0 aliphatic heterocycles. The molecule has 0 aromatic rings. The van der Waals surface area contributed by atoms with Gasteiger partial charge in [-0.1, -0.05) is 59.3 Å². The maximum absolute atomic E-state index is 6.78. The Balaban J connectivity index is 2.41. The molecule has 0 saturated heterocycles. The Kier molecular flexibility index (Phi) is 4.78. The van der Waals surface area contributed by atoms with Crippen LogP contribution in [0.2, 0.25) is 0 Å². The fourth-order valence-corrected chi connectivity index (χ4v) is 10.3. The van der Waals surface area contributed by atoms with Crippen LogP contribution in [0.25, 0.3) is 0 Å². The maximum Gasteiger partial charge on any atom is 0.259 e. The van der Waals surface area contributed by atoms with Gasteiger partial charge in [0.15, 0.2) is 0 Å². The van der Waals surface area contributed by atoms with Gasteiger partial charge in [0.2, 0.25) is 0 Å². The highest BCUT2D eigenvalue weighted by Crippen LogP contribution is 2.34. The Morgan fingerprint density at radius 3 is 1.38 bits per heavy atom. The minimum absolute atomic E-state index is 0.917. The van der Waals surface area contributed by atoms with Crippen molar-refractivity contribution < 1.29 is 4.12 Å². The number of hydrogen-bond acceptors (Lipinski definition) is 1. The topological polar surface area (TPSA) is 9.23 Å². The molecule has 2 aliphatic rings. The van der Waals surface area contributed by atoms with E-state index >= 15 is 0 Å². The second-order valence-electron chi connectivity index (χ2n) is 5.15. The van der Waals surface area contributed by atoms with Crippen molar-refractivity contribution in [2.75, 3.05) is 0 Å². The fraction of sp³-hybridized carbons (Fsp3) is 0.111. The van der Waals surface area contributed by atoms with Gasteiger partial charge in [0.25, 0.3) is 16.6 Å². The van der Waals surface area contributed by atoms with Gasteiger partial charge in [-0.25, -0.2) is 0 Å². The molecule has 0 radical (unpaired) electrons. The first-order chi connectivity index (χ1) is 10.2. The van der Waals surface area contributed by atoms with Gasteiger partial charge < -0.3 is 4.12 Å². The van der Waals surface area contributed by atoms with Crippen molar-refractivity contribution in [3.63, 3.8) is 0 Å². The van der Waals surface area contributed by atoms with E-state index in [9.17, 15) is 0 Å². The summed E-state index contributed by atoms with van der Waals surface area (Å²) in [6.07, 6.45) is 14.6. The monoisotopic (exact) mass is 310 g/mol. The molecule has 0 unspecified atom stereocenters. The van der Waals surface area contributed by atoms with Crippen LogP contribution in [-0.4, -0.2) is 16.6 Å². The third kappa shape index (κ3) is 2.72. The second kappa shape index (κ2) is 6.39. The molecule has 0 N–H and O–H groups in total. The van der Waals surface area contributed by atoms with Gasteiger partial charge in [0, 0.05) is 0 Å². The van der Waals surface area contributed by atoms with Gasteiger partial charge in [-0.05, 0) is 23.2 Å². The van der Waals surface area contributed by atoms with Gasteiger partial charge >= 0.3 is 0 Å². The largest absolute Gasteiger partial charge is 0.437 e. The van der Waals surface area contributed by atoms with Crippen LogP contribution in [0.3, 0.4) is 0 Å². The van der Waals surface area contributed by atoms with E-state index in [2.05, 4.69) is 62.8 Å². The average Bonchev–Trinajstić information content (AvgIpc) is 3.23.